The lowest BCUT2D eigenvalue weighted by molar-refractivity contribution is -0.141. The number of nitrogens with zero attached hydrogens (tertiary/aromatic N) is 2. The highest BCUT2D eigenvalue weighted by Crippen LogP contribution is 2.32. The van der Waals surface area contributed by atoms with Gasteiger partial charge in [0, 0.05) is 0 Å². The van der Waals surface area contributed by atoms with E-state index in [1.807, 2.05) is 0 Å². The lowest BCUT2D eigenvalue weighted by atomic mass is 10.3. The molecule has 0 saturated carbocycles. The molecule has 9 heteroatoms. The molecule has 0 radical (unpaired) electrons. The molecule has 20 heavy (non-hydrogen) atoms. The Balaban J connectivity index is 2.71. The number of rotatable bonds is 1. The molecule has 0 saturated heterocycles. The second kappa shape index (κ2) is 4.78. The van der Waals surface area contributed by atoms with E-state index in [1.165, 1.54) is 12.1 Å². The predicted molar refractivity (Wildman–Crippen MR) is 64.2 cm³/mol. The van der Waals surface area contributed by atoms with Gasteiger partial charge in [-0.15, -0.1) is 0 Å². The van der Waals surface area contributed by atoms with Gasteiger partial charge in [0.1, 0.15) is 10.8 Å². The van der Waals surface area contributed by atoms with E-state index in [9.17, 15) is 22.4 Å². The highest BCUT2D eigenvalue weighted by Gasteiger charge is 2.37. The molecule has 4 nitrogen and oxygen atoms in total. The molecule has 1 heterocycles. The van der Waals surface area contributed by atoms with Gasteiger partial charge in [0.25, 0.3) is 5.56 Å². The Bertz CT molecular complexity index is 709. The van der Waals surface area contributed by atoms with E-state index in [0.717, 1.165) is 12.1 Å². The van der Waals surface area contributed by atoms with Gasteiger partial charge < -0.3 is 5.73 Å². The van der Waals surface area contributed by atoms with Crippen LogP contribution in [0.1, 0.15) is 5.69 Å². The number of benzene rings is 1. The van der Waals surface area contributed by atoms with E-state index in [-0.39, 0.29) is 5.69 Å². The number of anilines is 1. The maximum absolute atomic E-state index is 12.8. The molecule has 2 rings (SSSR count). The quantitative estimate of drug-likeness (QED) is 0.824. The minimum atomic E-state index is -4.90. The highest BCUT2D eigenvalue weighted by molar-refractivity contribution is 6.31. The average Bonchev–Trinajstić information content (AvgIpc) is 2.35. The van der Waals surface area contributed by atoms with Crippen LogP contribution in [0.2, 0.25) is 5.02 Å². The van der Waals surface area contributed by atoms with E-state index in [1.54, 1.807) is 0 Å². The Hall–Kier alpha value is -2.09. The molecule has 2 aromatic rings. The number of halogens is 5. The minimum Gasteiger partial charge on any atom is -0.369 e. The Morgan fingerprint density at radius 3 is 2.25 bits per heavy atom. The summed E-state index contributed by atoms with van der Waals surface area (Å²) in [6, 6.07) is 4.37. The molecule has 0 spiro atoms. The van der Waals surface area contributed by atoms with E-state index in [2.05, 4.69) is 4.98 Å². The van der Waals surface area contributed by atoms with Gasteiger partial charge in [-0.3, -0.25) is 4.79 Å². The molecule has 0 aliphatic rings. The van der Waals surface area contributed by atoms with Crippen molar-refractivity contribution < 1.29 is 17.6 Å². The zero-order valence-electron chi connectivity index (χ0n) is 9.58. The van der Waals surface area contributed by atoms with Crippen LogP contribution in [-0.4, -0.2) is 9.55 Å². The lowest BCUT2D eigenvalue weighted by Gasteiger charge is -2.13. The molecule has 0 atom stereocenters. The number of hydrogen-bond acceptors (Lipinski definition) is 3. The third kappa shape index (κ3) is 2.46. The van der Waals surface area contributed by atoms with Gasteiger partial charge >= 0.3 is 6.18 Å². The van der Waals surface area contributed by atoms with Crippen LogP contribution in [0.25, 0.3) is 5.69 Å². The standard InChI is InChI=1S/C11H6ClF4N3O/c12-7-8(11(14,15)16)18-10(17)19(9(7)20)6-3-1-5(13)2-4-6/h1-4H,(H2,17,18). The van der Waals surface area contributed by atoms with Gasteiger partial charge in [-0.2, -0.15) is 13.2 Å². The SMILES string of the molecule is Nc1nc(C(F)(F)F)c(Cl)c(=O)n1-c1ccc(F)cc1. The van der Waals surface area contributed by atoms with Gasteiger partial charge in [0.15, 0.2) is 5.69 Å². The summed E-state index contributed by atoms with van der Waals surface area (Å²) < 4.78 is 51.2. The fourth-order valence-corrected chi connectivity index (χ4v) is 1.78. The second-order valence-electron chi connectivity index (χ2n) is 3.75. The van der Waals surface area contributed by atoms with E-state index < -0.39 is 34.2 Å². The Labute approximate surface area is 114 Å². The molecular formula is C11H6ClF4N3O. The summed E-state index contributed by atoms with van der Waals surface area (Å²) in [5, 5.41) is -1.10. The number of nitrogens with two attached hydrogens (primary N) is 1. The van der Waals surface area contributed by atoms with Gasteiger partial charge in [-0.1, -0.05) is 11.6 Å². The molecule has 1 aromatic carbocycles. The maximum atomic E-state index is 12.8. The third-order valence-electron chi connectivity index (χ3n) is 2.41. The van der Waals surface area contributed by atoms with Crippen LogP contribution < -0.4 is 11.3 Å². The summed E-state index contributed by atoms with van der Waals surface area (Å²) >= 11 is 5.39. The molecule has 0 aliphatic carbocycles. The van der Waals surface area contributed by atoms with Crippen LogP contribution in [0.3, 0.4) is 0 Å². The first-order valence-corrected chi connectivity index (χ1v) is 5.51. The first-order valence-electron chi connectivity index (χ1n) is 5.13. The largest absolute Gasteiger partial charge is 0.435 e. The lowest BCUT2D eigenvalue weighted by Crippen LogP contribution is -2.27. The zero-order valence-corrected chi connectivity index (χ0v) is 10.3. The summed E-state index contributed by atoms with van der Waals surface area (Å²) in [6.07, 6.45) is -4.90. The number of nitrogen functional groups attached to an aromatic ring is 1. The van der Waals surface area contributed by atoms with E-state index in [0.29, 0.717) is 4.57 Å². The van der Waals surface area contributed by atoms with Crippen LogP contribution in [0.5, 0.6) is 0 Å². The first kappa shape index (κ1) is 14.3. The van der Waals surface area contributed by atoms with Gasteiger partial charge in [0.05, 0.1) is 5.69 Å². The third-order valence-corrected chi connectivity index (χ3v) is 2.75. The highest BCUT2D eigenvalue weighted by atomic mass is 35.5. The van der Waals surface area contributed by atoms with Crippen molar-refractivity contribution in [1.29, 1.82) is 0 Å². The maximum Gasteiger partial charge on any atom is 0.435 e. The van der Waals surface area contributed by atoms with Crippen molar-refractivity contribution in [2.24, 2.45) is 0 Å². The first-order chi connectivity index (χ1) is 9.21. The molecule has 1 aromatic heterocycles. The van der Waals surface area contributed by atoms with Crippen molar-refractivity contribution >= 4 is 17.5 Å². The van der Waals surface area contributed by atoms with Crippen LogP contribution in [0.15, 0.2) is 29.1 Å². The van der Waals surface area contributed by atoms with Crippen LogP contribution in [-0.2, 0) is 6.18 Å². The molecule has 0 amide bonds. The number of alkyl halides is 3. The van der Waals surface area contributed by atoms with Crippen LogP contribution in [0.4, 0.5) is 23.5 Å². The molecule has 0 fully saturated rings. The fraction of sp³-hybridized carbons (Fsp3) is 0.0909. The number of hydrogen-bond donors (Lipinski definition) is 1. The normalized spacial score (nSPS) is 11.7. The fourth-order valence-electron chi connectivity index (χ4n) is 1.54. The van der Waals surface area contributed by atoms with E-state index in [4.69, 9.17) is 17.3 Å². The number of aromatic nitrogens is 2. The molecule has 0 unspecified atom stereocenters. The Kier molecular flexibility index (Phi) is 3.43. The van der Waals surface area contributed by atoms with Crippen molar-refractivity contribution in [2.75, 3.05) is 5.73 Å². The molecule has 0 bridgehead atoms. The molecule has 106 valence electrons. The second-order valence-corrected chi connectivity index (χ2v) is 4.13. The van der Waals surface area contributed by atoms with Crippen molar-refractivity contribution in [1.82, 2.24) is 9.55 Å². The zero-order chi connectivity index (χ0) is 15.1. The van der Waals surface area contributed by atoms with Crippen molar-refractivity contribution in [3.05, 3.63) is 51.2 Å². The summed E-state index contributed by atoms with van der Waals surface area (Å²) in [6.45, 7) is 0. The summed E-state index contributed by atoms with van der Waals surface area (Å²) in [5.41, 5.74) is 2.67. The van der Waals surface area contributed by atoms with Gasteiger partial charge in [0.2, 0.25) is 5.95 Å². The average molecular weight is 308 g/mol. The smallest absolute Gasteiger partial charge is 0.369 e. The van der Waals surface area contributed by atoms with Gasteiger partial charge in [-0.05, 0) is 24.3 Å². The van der Waals surface area contributed by atoms with Crippen molar-refractivity contribution in [2.45, 2.75) is 6.18 Å². The molecule has 0 aliphatic heterocycles. The van der Waals surface area contributed by atoms with Crippen molar-refractivity contribution in [3.8, 4) is 5.69 Å². The van der Waals surface area contributed by atoms with Crippen LogP contribution >= 0.6 is 11.6 Å². The summed E-state index contributed by atoms with van der Waals surface area (Å²) in [7, 11) is 0. The minimum absolute atomic E-state index is 0.0528. The predicted octanol–water partition coefficient (Wildman–Crippen LogP) is 2.63. The Morgan fingerprint density at radius 2 is 1.75 bits per heavy atom. The monoisotopic (exact) mass is 307 g/mol. The summed E-state index contributed by atoms with van der Waals surface area (Å²) in [5.74, 6) is -1.27. The Morgan fingerprint density at radius 1 is 1.20 bits per heavy atom. The molecular weight excluding hydrogens is 302 g/mol. The summed E-state index contributed by atoms with van der Waals surface area (Å²) in [4.78, 5) is 15.0. The van der Waals surface area contributed by atoms with Gasteiger partial charge in [-0.25, -0.2) is 13.9 Å². The van der Waals surface area contributed by atoms with Crippen LogP contribution in [0, 0.1) is 5.82 Å². The van der Waals surface area contributed by atoms with E-state index >= 15 is 0 Å². The van der Waals surface area contributed by atoms with Crippen molar-refractivity contribution in [3.63, 3.8) is 0 Å². The topological polar surface area (TPSA) is 60.9 Å². The molecule has 2 N–H and O–H groups in total.